The largest absolute Gasteiger partial charge is 0.347 e. The number of amides is 1. The summed E-state index contributed by atoms with van der Waals surface area (Å²) in [6.45, 7) is 3.36. The molecule has 2 aromatic rings. The van der Waals surface area contributed by atoms with Crippen molar-refractivity contribution < 1.29 is 13.2 Å². The van der Waals surface area contributed by atoms with Gasteiger partial charge < -0.3 is 4.90 Å². The Kier molecular flexibility index (Phi) is 5.75. The Bertz CT molecular complexity index is 878. The molecule has 0 aliphatic rings. The number of likely N-dealkylation sites (N-methyl/N-ethyl adjacent to an activating group) is 1. The number of carbonyl (C=O) groups is 1. The number of hydrogen-bond donors (Lipinski definition) is 0. The third-order valence-corrected chi connectivity index (χ3v) is 5.82. The molecule has 2 aromatic carbocycles. The van der Waals surface area contributed by atoms with Crippen LogP contribution in [0.25, 0.3) is 0 Å². The van der Waals surface area contributed by atoms with Crippen LogP contribution >= 0.6 is 11.6 Å². The summed E-state index contributed by atoms with van der Waals surface area (Å²) < 4.78 is 27.5. The lowest BCUT2D eigenvalue weighted by Gasteiger charge is -2.27. The van der Waals surface area contributed by atoms with Gasteiger partial charge in [0.05, 0.1) is 10.6 Å². The van der Waals surface area contributed by atoms with Gasteiger partial charge in [-0.2, -0.15) is 0 Å². The molecule has 1 amide bonds. The fraction of sp³-hybridized carbons (Fsp3) is 0.278. The van der Waals surface area contributed by atoms with Crippen LogP contribution in [0.2, 0.25) is 5.02 Å². The molecule has 0 spiro atoms. The van der Waals surface area contributed by atoms with E-state index < -0.39 is 10.0 Å². The summed E-state index contributed by atoms with van der Waals surface area (Å²) >= 11 is 5.98. The molecule has 0 radical (unpaired) electrons. The van der Waals surface area contributed by atoms with Gasteiger partial charge in [0.25, 0.3) is 10.0 Å². The summed E-state index contributed by atoms with van der Waals surface area (Å²) in [5, 5.41) is 0.507. The number of hydrogen-bond acceptors (Lipinski definition) is 3. The molecule has 0 aliphatic carbocycles. The highest BCUT2D eigenvalue weighted by molar-refractivity contribution is 7.92. The molecular formula is C18H21ClN2O3S. The van der Waals surface area contributed by atoms with Crippen LogP contribution in [0.15, 0.2) is 47.4 Å². The predicted octanol–water partition coefficient (Wildman–Crippen LogP) is 3.24. The van der Waals surface area contributed by atoms with Crippen molar-refractivity contribution in [2.24, 2.45) is 0 Å². The zero-order chi connectivity index (χ0) is 18.8. The standard InChI is InChI=1S/C18H21ClN2O3S/c1-13-5-8-16(9-6-13)25(23,24)21(12-18(22)20(3)4)17-10-7-15(19)11-14(17)2/h5-11H,12H2,1-4H3. The Morgan fingerprint density at radius 3 is 2.16 bits per heavy atom. The number of carbonyl (C=O) groups excluding carboxylic acids is 1. The summed E-state index contributed by atoms with van der Waals surface area (Å²) in [6.07, 6.45) is 0. The molecule has 5 nitrogen and oxygen atoms in total. The van der Waals surface area contributed by atoms with E-state index in [0.29, 0.717) is 16.3 Å². The molecule has 0 fully saturated rings. The number of benzene rings is 2. The van der Waals surface area contributed by atoms with Crippen molar-refractivity contribution in [3.05, 3.63) is 58.6 Å². The first-order valence-electron chi connectivity index (χ1n) is 7.68. The molecule has 7 heteroatoms. The number of anilines is 1. The Balaban J connectivity index is 2.57. The first kappa shape index (κ1) is 19.3. The van der Waals surface area contributed by atoms with Gasteiger partial charge in [-0.3, -0.25) is 9.10 Å². The van der Waals surface area contributed by atoms with Crippen LogP contribution < -0.4 is 4.31 Å². The van der Waals surface area contributed by atoms with Crippen molar-refractivity contribution >= 4 is 33.2 Å². The normalized spacial score (nSPS) is 11.2. The zero-order valence-electron chi connectivity index (χ0n) is 14.7. The van der Waals surface area contributed by atoms with E-state index in [9.17, 15) is 13.2 Å². The quantitative estimate of drug-likeness (QED) is 0.800. The third kappa shape index (κ3) is 4.32. The first-order chi connectivity index (χ1) is 11.6. The van der Waals surface area contributed by atoms with Gasteiger partial charge in [-0.05, 0) is 49.7 Å². The lowest BCUT2D eigenvalue weighted by molar-refractivity contribution is -0.127. The van der Waals surface area contributed by atoms with Gasteiger partial charge in [0.2, 0.25) is 5.91 Å². The molecule has 0 aromatic heterocycles. The maximum absolute atomic E-state index is 13.2. The van der Waals surface area contributed by atoms with E-state index in [2.05, 4.69) is 0 Å². The second kappa shape index (κ2) is 7.45. The average molecular weight is 381 g/mol. The molecule has 0 unspecified atom stereocenters. The third-order valence-electron chi connectivity index (χ3n) is 3.81. The molecule has 0 N–H and O–H groups in total. The van der Waals surface area contributed by atoms with Gasteiger partial charge in [-0.1, -0.05) is 29.3 Å². The second-order valence-corrected chi connectivity index (χ2v) is 8.34. The Morgan fingerprint density at radius 2 is 1.64 bits per heavy atom. The highest BCUT2D eigenvalue weighted by Crippen LogP contribution is 2.29. The molecule has 25 heavy (non-hydrogen) atoms. The summed E-state index contributed by atoms with van der Waals surface area (Å²) in [7, 11) is -0.710. The average Bonchev–Trinajstić information content (AvgIpc) is 2.53. The summed E-state index contributed by atoms with van der Waals surface area (Å²) in [5.41, 5.74) is 2.06. The maximum atomic E-state index is 13.2. The van der Waals surface area contributed by atoms with E-state index in [1.807, 2.05) is 6.92 Å². The summed E-state index contributed by atoms with van der Waals surface area (Å²) in [5.74, 6) is -0.315. The van der Waals surface area contributed by atoms with E-state index in [4.69, 9.17) is 11.6 Å². The molecule has 0 heterocycles. The molecule has 0 saturated heterocycles. The van der Waals surface area contributed by atoms with Crippen molar-refractivity contribution in [1.29, 1.82) is 0 Å². The maximum Gasteiger partial charge on any atom is 0.264 e. The van der Waals surface area contributed by atoms with Gasteiger partial charge in [0, 0.05) is 19.1 Å². The van der Waals surface area contributed by atoms with Crippen LogP contribution in [0.5, 0.6) is 0 Å². The summed E-state index contributed by atoms with van der Waals surface area (Å²) in [4.78, 5) is 13.7. The molecule has 0 saturated carbocycles. The SMILES string of the molecule is Cc1ccc(S(=O)(=O)N(CC(=O)N(C)C)c2ccc(Cl)cc2C)cc1. The zero-order valence-corrected chi connectivity index (χ0v) is 16.2. The second-order valence-electron chi connectivity index (χ2n) is 6.04. The monoisotopic (exact) mass is 380 g/mol. The number of rotatable bonds is 5. The van der Waals surface area contributed by atoms with Crippen LogP contribution in [-0.4, -0.2) is 39.9 Å². The van der Waals surface area contributed by atoms with Crippen molar-refractivity contribution in [3.63, 3.8) is 0 Å². The predicted molar refractivity (Wildman–Crippen MR) is 101 cm³/mol. The fourth-order valence-corrected chi connectivity index (χ4v) is 4.01. The topological polar surface area (TPSA) is 57.7 Å². The Hall–Kier alpha value is -2.05. The van der Waals surface area contributed by atoms with Crippen molar-refractivity contribution in [3.8, 4) is 0 Å². The van der Waals surface area contributed by atoms with E-state index in [0.717, 1.165) is 9.87 Å². The fourth-order valence-electron chi connectivity index (χ4n) is 2.30. The van der Waals surface area contributed by atoms with Crippen molar-refractivity contribution in [2.75, 3.05) is 24.9 Å². The van der Waals surface area contributed by atoms with E-state index >= 15 is 0 Å². The number of aryl methyl sites for hydroxylation is 2. The minimum Gasteiger partial charge on any atom is -0.347 e. The van der Waals surface area contributed by atoms with Crippen LogP contribution in [-0.2, 0) is 14.8 Å². The van der Waals surface area contributed by atoms with Crippen LogP contribution in [0.4, 0.5) is 5.69 Å². The highest BCUT2D eigenvalue weighted by Gasteiger charge is 2.28. The summed E-state index contributed by atoms with van der Waals surface area (Å²) in [6, 6.07) is 11.5. The number of halogens is 1. The minimum absolute atomic E-state index is 0.138. The van der Waals surface area contributed by atoms with E-state index in [1.165, 1.54) is 4.90 Å². The van der Waals surface area contributed by atoms with Crippen LogP contribution in [0, 0.1) is 13.8 Å². The van der Waals surface area contributed by atoms with Gasteiger partial charge in [-0.25, -0.2) is 8.42 Å². The lowest BCUT2D eigenvalue weighted by atomic mass is 10.2. The van der Waals surface area contributed by atoms with Crippen LogP contribution in [0.3, 0.4) is 0 Å². The van der Waals surface area contributed by atoms with Crippen LogP contribution in [0.1, 0.15) is 11.1 Å². The lowest BCUT2D eigenvalue weighted by Crippen LogP contribution is -2.40. The smallest absolute Gasteiger partial charge is 0.264 e. The highest BCUT2D eigenvalue weighted by atomic mass is 35.5. The van der Waals surface area contributed by atoms with Gasteiger partial charge >= 0.3 is 0 Å². The van der Waals surface area contributed by atoms with Crippen molar-refractivity contribution in [1.82, 2.24) is 4.90 Å². The van der Waals surface area contributed by atoms with Gasteiger partial charge in [0.15, 0.2) is 0 Å². The molecule has 134 valence electrons. The van der Waals surface area contributed by atoms with Gasteiger partial charge in [-0.15, -0.1) is 0 Å². The minimum atomic E-state index is -3.89. The number of nitrogens with zero attached hydrogens (tertiary/aromatic N) is 2. The first-order valence-corrected chi connectivity index (χ1v) is 9.50. The van der Waals surface area contributed by atoms with E-state index in [-0.39, 0.29) is 17.3 Å². The van der Waals surface area contributed by atoms with Gasteiger partial charge in [0.1, 0.15) is 6.54 Å². The van der Waals surface area contributed by atoms with E-state index in [1.54, 1.807) is 63.5 Å². The Labute approximate surface area is 153 Å². The molecule has 0 aliphatic heterocycles. The Morgan fingerprint density at radius 1 is 1.04 bits per heavy atom. The van der Waals surface area contributed by atoms with Crippen molar-refractivity contribution in [2.45, 2.75) is 18.7 Å². The molecule has 2 rings (SSSR count). The molecular weight excluding hydrogens is 360 g/mol. The molecule has 0 atom stereocenters. The number of sulfonamides is 1. The molecule has 0 bridgehead atoms.